The van der Waals surface area contributed by atoms with Crippen molar-refractivity contribution in [3.8, 4) is 5.75 Å². The van der Waals surface area contributed by atoms with Crippen LogP contribution in [-0.2, 0) is 6.42 Å². The Balaban J connectivity index is 1.76. The number of benzene rings is 1. The van der Waals surface area contributed by atoms with Gasteiger partial charge in [0.15, 0.2) is 0 Å². The number of nitrogens with one attached hydrogen (secondary N) is 1. The van der Waals surface area contributed by atoms with E-state index in [-0.39, 0.29) is 0 Å². The third kappa shape index (κ3) is 2.68. The molecule has 1 aromatic heterocycles. The summed E-state index contributed by atoms with van der Waals surface area (Å²) in [5.41, 5.74) is 2.59. The van der Waals surface area contributed by atoms with Gasteiger partial charge in [-0.15, -0.1) is 0 Å². The van der Waals surface area contributed by atoms with Gasteiger partial charge in [0.2, 0.25) is 0 Å². The first-order chi connectivity index (χ1) is 9.78. The van der Waals surface area contributed by atoms with Crippen molar-refractivity contribution in [2.75, 3.05) is 20.2 Å². The van der Waals surface area contributed by atoms with Crippen LogP contribution in [0.15, 0.2) is 24.4 Å². The maximum atomic E-state index is 5.28. The molecule has 0 bridgehead atoms. The highest BCUT2D eigenvalue weighted by molar-refractivity contribution is 5.84. The van der Waals surface area contributed by atoms with Crippen molar-refractivity contribution in [1.29, 1.82) is 0 Å². The fraction of sp³-hybridized carbons (Fsp3) is 0.529. The topological polar surface area (TPSA) is 28.3 Å². The maximum Gasteiger partial charge on any atom is 0.120 e. The lowest BCUT2D eigenvalue weighted by atomic mass is 10.0. The van der Waals surface area contributed by atoms with Crippen LogP contribution < -0.4 is 4.74 Å². The minimum atomic E-state index is 0.622. The average molecular weight is 272 g/mol. The van der Waals surface area contributed by atoms with Gasteiger partial charge in [0.05, 0.1) is 7.11 Å². The summed E-state index contributed by atoms with van der Waals surface area (Å²) < 4.78 is 5.28. The second kappa shape index (κ2) is 5.88. The average Bonchev–Trinajstić information content (AvgIpc) is 2.90. The summed E-state index contributed by atoms with van der Waals surface area (Å²) in [4.78, 5) is 6.00. The molecule has 3 nitrogen and oxygen atoms in total. The van der Waals surface area contributed by atoms with E-state index in [0.717, 1.165) is 12.2 Å². The Morgan fingerprint density at radius 1 is 1.25 bits per heavy atom. The van der Waals surface area contributed by atoms with Crippen LogP contribution in [0.3, 0.4) is 0 Å². The van der Waals surface area contributed by atoms with Crippen molar-refractivity contribution >= 4 is 10.9 Å². The van der Waals surface area contributed by atoms with E-state index in [2.05, 4.69) is 35.1 Å². The molecule has 0 aliphatic carbocycles. The first-order valence-electron chi connectivity index (χ1n) is 7.66. The fourth-order valence-corrected chi connectivity index (χ4v) is 3.27. The summed E-state index contributed by atoms with van der Waals surface area (Å²) in [6, 6.07) is 6.91. The third-order valence-corrected chi connectivity index (χ3v) is 4.50. The predicted molar refractivity (Wildman–Crippen MR) is 83.4 cm³/mol. The Labute approximate surface area is 120 Å². The molecular weight excluding hydrogens is 248 g/mol. The van der Waals surface area contributed by atoms with Crippen molar-refractivity contribution in [3.63, 3.8) is 0 Å². The quantitative estimate of drug-likeness (QED) is 0.921. The molecule has 3 rings (SSSR count). The van der Waals surface area contributed by atoms with Gasteiger partial charge in [-0.1, -0.05) is 6.42 Å². The van der Waals surface area contributed by atoms with Crippen molar-refractivity contribution in [2.24, 2.45) is 0 Å². The molecule has 1 N–H and O–H groups in total. The molecule has 0 unspecified atom stereocenters. The van der Waals surface area contributed by atoms with Gasteiger partial charge in [-0.3, -0.25) is 0 Å². The number of aromatic nitrogens is 1. The standard InChI is InChI=1S/C17H24N2O/c1-13(19-8-4-3-5-9-19)10-14-12-18-17-11-15(20-2)6-7-16(14)17/h6-7,11-13,18H,3-5,8-10H2,1-2H3/t13-/m1/s1. The van der Waals surface area contributed by atoms with Crippen LogP contribution in [0.1, 0.15) is 31.7 Å². The molecule has 2 heterocycles. The van der Waals surface area contributed by atoms with Crippen molar-refractivity contribution in [2.45, 2.75) is 38.6 Å². The summed E-state index contributed by atoms with van der Waals surface area (Å²) in [7, 11) is 1.71. The van der Waals surface area contributed by atoms with E-state index >= 15 is 0 Å². The lowest BCUT2D eigenvalue weighted by Crippen LogP contribution is -2.38. The van der Waals surface area contributed by atoms with Gasteiger partial charge in [0, 0.05) is 29.2 Å². The van der Waals surface area contributed by atoms with E-state index in [1.54, 1.807) is 7.11 Å². The number of H-pyrrole nitrogens is 1. The summed E-state index contributed by atoms with van der Waals surface area (Å²) >= 11 is 0. The molecule has 0 saturated carbocycles. The maximum absolute atomic E-state index is 5.28. The summed E-state index contributed by atoms with van der Waals surface area (Å²) in [5.74, 6) is 0.912. The van der Waals surface area contributed by atoms with Gasteiger partial charge >= 0.3 is 0 Å². The molecule has 1 aliphatic rings. The molecule has 1 saturated heterocycles. The van der Waals surface area contributed by atoms with E-state index in [0.29, 0.717) is 6.04 Å². The molecule has 108 valence electrons. The molecular formula is C17H24N2O. The Kier molecular flexibility index (Phi) is 3.97. The number of methoxy groups -OCH3 is 1. The zero-order valence-corrected chi connectivity index (χ0v) is 12.5. The number of aromatic amines is 1. The second-order valence-corrected chi connectivity index (χ2v) is 5.88. The molecule has 20 heavy (non-hydrogen) atoms. The highest BCUT2D eigenvalue weighted by atomic mass is 16.5. The lowest BCUT2D eigenvalue weighted by molar-refractivity contribution is 0.173. The van der Waals surface area contributed by atoms with E-state index in [4.69, 9.17) is 4.74 Å². The van der Waals surface area contributed by atoms with Crippen molar-refractivity contribution in [3.05, 3.63) is 30.0 Å². The Morgan fingerprint density at radius 2 is 2.05 bits per heavy atom. The Bertz CT molecular complexity index is 569. The van der Waals surface area contributed by atoms with Crippen LogP contribution in [0.5, 0.6) is 5.75 Å². The van der Waals surface area contributed by atoms with E-state index in [1.807, 2.05) is 6.07 Å². The number of hydrogen-bond acceptors (Lipinski definition) is 2. The minimum absolute atomic E-state index is 0.622. The largest absolute Gasteiger partial charge is 0.497 e. The SMILES string of the molecule is COc1ccc2c(C[C@@H](C)N3CCCCC3)c[nH]c2c1. The second-order valence-electron chi connectivity index (χ2n) is 5.88. The summed E-state index contributed by atoms with van der Waals surface area (Å²) in [6.45, 7) is 4.88. The molecule has 3 heteroatoms. The van der Waals surface area contributed by atoms with E-state index < -0.39 is 0 Å². The molecule has 1 atom stereocenters. The molecule has 1 aromatic carbocycles. The summed E-state index contributed by atoms with van der Waals surface area (Å²) in [6.07, 6.45) is 7.39. The van der Waals surface area contributed by atoms with Gasteiger partial charge in [0.25, 0.3) is 0 Å². The predicted octanol–water partition coefficient (Wildman–Crippen LogP) is 3.59. The fourth-order valence-electron chi connectivity index (χ4n) is 3.27. The van der Waals surface area contributed by atoms with Crippen LogP contribution >= 0.6 is 0 Å². The van der Waals surface area contributed by atoms with Gasteiger partial charge < -0.3 is 14.6 Å². The monoisotopic (exact) mass is 272 g/mol. The minimum Gasteiger partial charge on any atom is -0.497 e. The smallest absolute Gasteiger partial charge is 0.120 e. The number of hydrogen-bond donors (Lipinski definition) is 1. The normalized spacial score (nSPS) is 18.3. The first kappa shape index (κ1) is 13.5. The lowest BCUT2D eigenvalue weighted by Gasteiger charge is -2.32. The number of rotatable bonds is 4. The highest BCUT2D eigenvalue weighted by Gasteiger charge is 2.18. The highest BCUT2D eigenvalue weighted by Crippen LogP contribution is 2.25. The Morgan fingerprint density at radius 3 is 2.80 bits per heavy atom. The van der Waals surface area contributed by atoms with Crippen molar-refractivity contribution in [1.82, 2.24) is 9.88 Å². The molecule has 1 aliphatic heterocycles. The zero-order valence-electron chi connectivity index (χ0n) is 12.5. The number of piperidine rings is 1. The number of likely N-dealkylation sites (tertiary alicyclic amines) is 1. The number of nitrogens with zero attached hydrogens (tertiary/aromatic N) is 1. The first-order valence-corrected chi connectivity index (χ1v) is 7.66. The zero-order chi connectivity index (χ0) is 13.9. The van der Waals surface area contributed by atoms with Crippen LogP contribution in [0, 0.1) is 0 Å². The van der Waals surface area contributed by atoms with E-state index in [1.165, 1.54) is 48.8 Å². The molecule has 0 radical (unpaired) electrons. The van der Waals surface area contributed by atoms with Crippen LogP contribution in [0.4, 0.5) is 0 Å². The van der Waals surface area contributed by atoms with Crippen LogP contribution in [0.25, 0.3) is 10.9 Å². The van der Waals surface area contributed by atoms with Gasteiger partial charge in [0.1, 0.15) is 5.75 Å². The van der Waals surface area contributed by atoms with E-state index in [9.17, 15) is 0 Å². The van der Waals surface area contributed by atoms with Crippen molar-refractivity contribution < 1.29 is 4.74 Å². The molecule has 1 fully saturated rings. The number of fused-ring (bicyclic) bond motifs is 1. The third-order valence-electron chi connectivity index (χ3n) is 4.50. The molecule has 2 aromatic rings. The van der Waals surface area contributed by atoms with Crippen LogP contribution in [-0.4, -0.2) is 36.1 Å². The number of ether oxygens (including phenoxy) is 1. The molecule has 0 amide bonds. The Hall–Kier alpha value is -1.48. The van der Waals surface area contributed by atoms with Gasteiger partial charge in [-0.05, 0) is 57.0 Å². The van der Waals surface area contributed by atoms with Crippen LogP contribution in [0.2, 0.25) is 0 Å². The van der Waals surface area contributed by atoms with Gasteiger partial charge in [-0.2, -0.15) is 0 Å². The summed E-state index contributed by atoms with van der Waals surface area (Å²) in [5, 5.41) is 1.33. The molecule has 0 spiro atoms. The van der Waals surface area contributed by atoms with Gasteiger partial charge in [-0.25, -0.2) is 0 Å².